The molecule has 1 N–H and O–H groups in total. The van der Waals surface area contributed by atoms with Crippen molar-refractivity contribution >= 4 is 12.2 Å². The van der Waals surface area contributed by atoms with Crippen molar-refractivity contribution < 1.29 is 0 Å². The lowest BCUT2D eigenvalue weighted by Crippen LogP contribution is -2.06. The summed E-state index contributed by atoms with van der Waals surface area (Å²) in [6.07, 6.45) is 6.14. The van der Waals surface area contributed by atoms with Crippen LogP contribution in [-0.4, -0.2) is 4.98 Å². The number of fused-ring (bicyclic) bond motifs is 1. The second-order valence-corrected chi connectivity index (χ2v) is 3.72. The van der Waals surface area contributed by atoms with E-state index in [9.17, 15) is 0 Å². The van der Waals surface area contributed by atoms with Gasteiger partial charge in [0.05, 0.1) is 5.56 Å². The van der Waals surface area contributed by atoms with Gasteiger partial charge in [-0.2, -0.15) is 5.26 Å². The number of hydrogen-bond acceptors (Lipinski definition) is 2. The molecule has 0 aromatic carbocycles. The second-order valence-electron chi connectivity index (χ2n) is 3.31. The van der Waals surface area contributed by atoms with Crippen LogP contribution in [0.5, 0.6) is 0 Å². The molecule has 0 radical (unpaired) electrons. The Balaban J connectivity index is 2.68. The molecule has 2 nitrogen and oxygen atoms in total. The molecule has 1 aliphatic carbocycles. The van der Waals surface area contributed by atoms with Gasteiger partial charge in [-0.05, 0) is 36.8 Å². The van der Waals surface area contributed by atoms with Crippen molar-refractivity contribution in [3.63, 3.8) is 0 Å². The minimum atomic E-state index is 0.767. The fraction of sp³-hybridized carbons (Fsp3) is 0.400. The van der Waals surface area contributed by atoms with Crippen LogP contribution in [0.3, 0.4) is 0 Å². The van der Waals surface area contributed by atoms with Gasteiger partial charge in [-0.15, -0.1) is 0 Å². The molecule has 1 heterocycles. The van der Waals surface area contributed by atoms with E-state index in [0.29, 0.717) is 0 Å². The SMILES string of the molecule is N#Cc1c[nH]c(=S)c2c1CCCC2. The van der Waals surface area contributed by atoms with Crippen molar-refractivity contribution in [3.05, 3.63) is 27.5 Å². The van der Waals surface area contributed by atoms with E-state index in [1.54, 1.807) is 6.20 Å². The lowest BCUT2D eigenvalue weighted by molar-refractivity contribution is 0.678. The summed E-state index contributed by atoms with van der Waals surface area (Å²) in [6, 6.07) is 2.20. The Hall–Kier alpha value is -1.14. The number of nitrogens with zero attached hydrogens (tertiary/aromatic N) is 1. The highest BCUT2D eigenvalue weighted by Crippen LogP contribution is 2.23. The smallest absolute Gasteiger partial charge is 0.106 e. The summed E-state index contributed by atoms with van der Waals surface area (Å²) >= 11 is 5.18. The average molecular weight is 190 g/mol. The molecule has 0 saturated carbocycles. The molecule has 66 valence electrons. The number of nitriles is 1. The van der Waals surface area contributed by atoms with Gasteiger partial charge in [0.2, 0.25) is 0 Å². The first-order chi connectivity index (χ1) is 6.33. The Kier molecular flexibility index (Phi) is 2.15. The van der Waals surface area contributed by atoms with Crippen molar-refractivity contribution in [2.75, 3.05) is 0 Å². The van der Waals surface area contributed by atoms with E-state index in [-0.39, 0.29) is 0 Å². The second kappa shape index (κ2) is 3.31. The van der Waals surface area contributed by atoms with E-state index in [1.165, 1.54) is 24.0 Å². The van der Waals surface area contributed by atoms with Crippen LogP contribution in [-0.2, 0) is 12.8 Å². The molecule has 0 amide bonds. The molecule has 0 atom stereocenters. The van der Waals surface area contributed by atoms with Gasteiger partial charge in [0.15, 0.2) is 0 Å². The van der Waals surface area contributed by atoms with Crippen molar-refractivity contribution in [3.8, 4) is 6.07 Å². The average Bonchev–Trinajstić information content (AvgIpc) is 2.19. The Labute approximate surface area is 82.2 Å². The van der Waals surface area contributed by atoms with E-state index in [2.05, 4.69) is 11.1 Å². The number of aromatic nitrogens is 1. The van der Waals surface area contributed by atoms with E-state index >= 15 is 0 Å². The fourth-order valence-corrected chi connectivity index (χ4v) is 2.15. The maximum Gasteiger partial charge on any atom is 0.106 e. The maximum atomic E-state index is 8.88. The van der Waals surface area contributed by atoms with Crippen LogP contribution in [0.15, 0.2) is 6.20 Å². The molecular weight excluding hydrogens is 180 g/mol. The highest BCUT2D eigenvalue weighted by atomic mass is 32.1. The minimum absolute atomic E-state index is 0.767. The first-order valence-corrected chi connectivity index (χ1v) is 4.87. The molecule has 0 aliphatic heterocycles. The van der Waals surface area contributed by atoms with Crippen LogP contribution < -0.4 is 0 Å². The van der Waals surface area contributed by atoms with Gasteiger partial charge in [0, 0.05) is 6.20 Å². The zero-order valence-corrected chi connectivity index (χ0v) is 8.08. The topological polar surface area (TPSA) is 39.6 Å². The normalized spacial score (nSPS) is 14.7. The van der Waals surface area contributed by atoms with Gasteiger partial charge in [-0.1, -0.05) is 12.2 Å². The molecule has 0 saturated heterocycles. The molecule has 1 aromatic heterocycles. The third-order valence-corrected chi connectivity index (χ3v) is 2.90. The number of nitrogens with one attached hydrogen (secondary N) is 1. The predicted octanol–water partition coefficient (Wildman–Crippen LogP) is 2.49. The van der Waals surface area contributed by atoms with Crippen molar-refractivity contribution in [1.82, 2.24) is 4.98 Å². The number of rotatable bonds is 0. The Morgan fingerprint density at radius 3 is 2.69 bits per heavy atom. The number of aromatic amines is 1. The summed E-state index contributed by atoms with van der Waals surface area (Å²) in [4.78, 5) is 2.97. The lowest BCUT2D eigenvalue weighted by atomic mass is 9.90. The Morgan fingerprint density at radius 1 is 1.31 bits per heavy atom. The predicted molar refractivity (Wildman–Crippen MR) is 53.0 cm³/mol. The highest BCUT2D eigenvalue weighted by molar-refractivity contribution is 7.71. The van der Waals surface area contributed by atoms with Crippen LogP contribution in [0.2, 0.25) is 0 Å². The van der Waals surface area contributed by atoms with Crippen molar-refractivity contribution in [2.45, 2.75) is 25.7 Å². The van der Waals surface area contributed by atoms with E-state index in [0.717, 1.165) is 23.0 Å². The zero-order valence-electron chi connectivity index (χ0n) is 7.26. The molecule has 1 aromatic rings. The number of H-pyrrole nitrogens is 1. The van der Waals surface area contributed by atoms with Crippen LogP contribution in [0.1, 0.15) is 29.5 Å². The van der Waals surface area contributed by atoms with E-state index in [4.69, 9.17) is 17.5 Å². The van der Waals surface area contributed by atoms with Gasteiger partial charge in [-0.25, -0.2) is 0 Å². The molecule has 2 rings (SSSR count). The fourth-order valence-electron chi connectivity index (χ4n) is 1.86. The monoisotopic (exact) mass is 190 g/mol. The Morgan fingerprint density at radius 2 is 2.00 bits per heavy atom. The van der Waals surface area contributed by atoms with Gasteiger partial charge in [-0.3, -0.25) is 0 Å². The summed E-state index contributed by atoms with van der Waals surface area (Å²) in [5.74, 6) is 0. The summed E-state index contributed by atoms with van der Waals surface area (Å²) in [5.41, 5.74) is 3.14. The van der Waals surface area contributed by atoms with Gasteiger partial charge >= 0.3 is 0 Å². The lowest BCUT2D eigenvalue weighted by Gasteiger charge is -2.16. The quantitative estimate of drug-likeness (QED) is 0.638. The summed E-state index contributed by atoms with van der Waals surface area (Å²) < 4.78 is 0.814. The molecule has 13 heavy (non-hydrogen) atoms. The summed E-state index contributed by atoms with van der Waals surface area (Å²) in [6.45, 7) is 0. The first kappa shape index (κ1) is 8.46. The molecule has 0 unspecified atom stereocenters. The maximum absolute atomic E-state index is 8.88. The van der Waals surface area contributed by atoms with Crippen LogP contribution in [0, 0.1) is 16.0 Å². The summed E-state index contributed by atoms with van der Waals surface area (Å²) in [5, 5.41) is 8.88. The minimum Gasteiger partial charge on any atom is -0.351 e. The third kappa shape index (κ3) is 1.38. The van der Waals surface area contributed by atoms with E-state index < -0.39 is 0 Å². The molecule has 0 fully saturated rings. The first-order valence-electron chi connectivity index (χ1n) is 4.46. The standard InChI is InChI=1S/C10H10N2S/c11-5-7-6-12-10(13)9-4-2-1-3-8(7)9/h6H,1-4H2,(H,12,13). The molecule has 0 spiro atoms. The van der Waals surface area contributed by atoms with Gasteiger partial charge in [0.25, 0.3) is 0 Å². The molecule has 1 aliphatic rings. The third-order valence-electron chi connectivity index (χ3n) is 2.54. The number of pyridine rings is 1. The van der Waals surface area contributed by atoms with Crippen molar-refractivity contribution in [1.29, 1.82) is 5.26 Å². The largest absolute Gasteiger partial charge is 0.351 e. The van der Waals surface area contributed by atoms with Crippen molar-refractivity contribution in [2.24, 2.45) is 0 Å². The molecular formula is C10H10N2S. The van der Waals surface area contributed by atoms with Crippen LogP contribution in [0.4, 0.5) is 0 Å². The van der Waals surface area contributed by atoms with Gasteiger partial charge in [0.1, 0.15) is 10.7 Å². The van der Waals surface area contributed by atoms with Crippen LogP contribution >= 0.6 is 12.2 Å². The summed E-state index contributed by atoms with van der Waals surface area (Å²) in [7, 11) is 0. The van der Waals surface area contributed by atoms with Gasteiger partial charge < -0.3 is 4.98 Å². The Bertz CT molecular complexity index is 426. The molecule has 0 bridgehead atoms. The highest BCUT2D eigenvalue weighted by Gasteiger charge is 2.14. The molecule has 3 heteroatoms. The van der Waals surface area contributed by atoms with Crippen LogP contribution in [0.25, 0.3) is 0 Å². The number of hydrogen-bond donors (Lipinski definition) is 1. The van der Waals surface area contributed by atoms with E-state index in [1.807, 2.05) is 0 Å². The zero-order chi connectivity index (χ0) is 9.26.